The van der Waals surface area contributed by atoms with E-state index >= 15 is 0 Å². The van der Waals surface area contributed by atoms with E-state index in [2.05, 4.69) is 5.32 Å². The summed E-state index contributed by atoms with van der Waals surface area (Å²) in [5.74, 6) is -0.449. The quantitative estimate of drug-likeness (QED) is 0.279. The maximum Gasteiger partial charge on any atom is 0.306 e. The van der Waals surface area contributed by atoms with Gasteiger partial charge in [-0.3, -0.25) is 14.4 Å². The molecule has 34 heavy (non-hydrogen) atoms. The minimum Gasteiger partial charge on any atom is -0.490 e. The van der Waals surface area contributed by atoms with Gasteiger partial charge in [0.25, 0.3) is 5.91 Å². The Morgan fingerprint density at radius 1 is 1.03 bits per heavy atom. The minimum absolute atomic E-state index is 0.0127. The molecule has 6 nitrogen and oxygen atoms in total. The van der Waals surface area contributed by atoms with Crippen molar-refractivity contribution in [1.29, 1.82) is 0 Å². The lowest BCUT2D eigenvalue weighted by Crippen LogP contribution is -2.27. The molecule has 1 heterocycles. The van der Waals surface area contributed by atoms with Gasteiger partial charge < -0.3 is 15.2 Å². The second kappa shape index (κ2) is 11.0. The molecule has 2 N–H and O–H groups in total. The summed E-state index contributed by atoms with van der Waals surface area (Å²) >= 11 is 7.42. The molecule has 4 rings (SSSR count). The monoisotopic (exact) mass is 499 g/mol. The highest BCUT2D eigenvalue weighted by molar-refractivity contribution is 7.20. The van der Waals surface area contributed by atoms with Crippen molar-refractivity contribution in [2.24, 2.45) is 5.92 Å². The molecule has 1 aromatic heterocycles. The topological polar surface area (TPSA) is 92.7 Å². The molecule has 0 bridgehead atoms. The fourth-order valence-corrected chi connectivity index (χ4v) is 5.29. The van der Waals surface area contributed by atoms with Crippen molar-refractivity contribution in [3.05, 3.63) is 64.0 Å². The SMILES string of the molecule is O=C(CCCNC(=O)c1cc2cc(Cl)ccc2s1)c1ccc(OC2CCC(C(=O)O)CC2)cc1. The van der Waals surface area contributed by atoms with Crippen LogP contribution in [0.3, 0.4) is 0 Å². The van der Waals surface area contributed by atoms with Gasteiger partial charge in [0.05, 0.1) is 16.9 Å². The van der Waals surface area contributed by atoms with Crippen LogP contribution in [0.5, 0.6) is 5.75 Å². The van der Waals surface area contributed by atoms with Crippen LogP contribution in [0.4, 0.5) is 0 Å². The van der Waals surface area contributed by atoms with E-state index in [1.54, 1.807) is 30.3 Å². The number of thiophene rings is 1. The number of carbonyl (C=O) groups excluding carboxylic acids is 2. The molecule has 0 radical (unpaired) electrons. The third-order valence-electron chi connectivity index (χ3n) is 6.07. The molecule has 1 fully saturated rings. The van der Waals surface area contributed by atoms with Crippen molar-refractivity contribution in [2.75, 3.05) is 6.54 Å². The van der Waals surface area contributed by atoms with Crippen LogP contribution in [0.15, 0.2) is 48.5 Å². The predicted molar refractivity (Wildman–Crippen MR) is 133 cm³/mol. The number of Topliss-reactive ketones (excluding diaryl/α,β-unsaturated/α-hetero) is 1. The molecule has 178 valence electrons. The molecule has 0 saturated heterocycles. The number of hydrogen-bond donors (Lipinski definition) is 2. The van der Waals surface area contributed by atoms with Crippen molar-refractivity contribution in [2.45, 2.75) is 44.6 Å². The van der Waals surface area contributed by atoms with Gasteiger partial charge in [-0.1, -0.05) is 11.6 Å². The van der Waals surface area contributed by atoms with Gasteiger partial charge in [0.15, 0.2) is 5.78 Å². The van der Waals surface area contributed by atoms with E-state index in [4.69, 9.17) is 21.4 Å². The van der Waals surface area contributed by atoms with Gasteiger partial charge in [-0.2, -0.15) is 0 Å². The van der Waals surface area contributed by atoms with Gasteiger partial charge in [-0.25, -0.2) is 0 Å². The number of carbonyl (C=O) groups is 3. The van der Waals surface area contributed by atoms with Gasteiger partial charge in [-0.05, 0) is 86.0 Å². The van der Waals surface area contributed by atoms with Crippen LogP contribution in [0.1, 0.15) is 58.6 Å². The number of ether oxygens (including phenoxy) is 1. The van der Waals surface area contributed by atoms with Gasteiger partial charge in [0.2, 0.25) is 0 Å². The number of hydrogen-bond acceptors (Lipinski definition) is 5. The van der Waals surface area contributed by atoms with E-state index in [9.17, 15) is 14.4 Å². The third kappa shape index (κ3) is 6.15. The third-order valence-corrected chi connectivity index (χ3v) is 7.42. The number of ketones is 1. The smallest absolute Gasteiger partial charge is 0.306 e. The number of carboxylic acids is 1. The summed E-state index contributed by atoms with van der Waals surface area (Å²) in [6.45, 7) is 0.416. The summed E-state index contributed by atoms with van der Waals surface area (Å²) in [5, 5.41) is 13.5. The van der Waals surface area contributed by atoms with Crippen LogP contribution >= 0.6 is 22.9 Å². The Morgan fingerprint density at radius 2 is 1.76 bits per heavy atom. The Kier molecular flexibility index (Phi) is 7.85. The highest BCUT2D eigenvalue weighted by Crippen LogP contribution is 2.29. The van der Waals surface area contributed by atoms with Crippen LogP contribution < -0.4 is 10.1 Å². The Bertz CT molecular complexity index is 1180. The number of aliphatic carboxylic acids is 1. The zero-order chi connectivity index (χ0) is 24.1. The van der Waals surface area contributed by atoms with Gasteiger partial charge >= 0.3 is 5.97 Å². The van der Waals surface area contributed by atoms with Crippen molar-refractivity contribution >= 4 is 50.7 Å². The second-order valence-electron chi connectivity index (χ2n) is 8.53. The standard InChI is InChI=1S/C26H26ClNO5S/c27-19-7-12-23-18(14-19)15-24(34-23)25(30)28-13-1-2-22(29)16-3-8-20(9-4-16)33-21-10-5-17(6-11-21)26(31)32/h3-4,7-9,12,14-15,17,21H,1-2,5-6,10-11,13H2,(H,28,30)(H,31,32). The summed E-state index contributed by atoms with van der Waals surface area (Å²) in [4.78, 5) is 36.6. The van der Waals surface area contributed by atoms with E-state index in [0.29, 0.717) is 53.4 Å². The molecule has 0 aliphatic heterocycles. The lowest BCUT2D eigenvalue weighted by molar-refractivity contribution is -0.143. The van der Waals surface area contributed by atoms with Crippen molar-refractivity contribution in [3.8, 4) is 5.75 Å². The van der Waals surface area contributed by atoms with Gasteiger partial charge in [-0.15, -0.1) is 11.3 Å². The Labute approximate surface area is 206 Å². The Hall–Kier alpha value is -2.90. The number of benzene rings is 2. The van der Waals surface area contributed by atoms with Crippen LogP contribution in [0.2, 0.25) is 5.02 Å². The van der Waals surface area contributed by atoms with Crippen LogP contribution in [-0.2, 0) is 4.79 Å². The van der Waals surface area contributed by atoms with E-state index in [1.165, 1.54) is 11.3 Å². The molecule has 1 aliphatic rings. The van der Waals surface area contributed by atoms with Crippen molar-refractivity contribution in [3.63, 3.8) is 0 Å². The molecule has 1 amide bonds. The first-order chi connectivity index (χ1) is 16.4. The molecule has 8 heteroatoms. The number of rotatable bonds is 9. The number of fused-ring (bicyclic) bond motifs is 1. The van der Waals surface area contributed by atoms with E-state index < -0.39 is 5.97 Å². The lowest BCUT2D eigenvalue weighted by Gasteiger charge is -2.26. The zero-order valence-electron chi connectivity index (χ0n) is 18.6. The van der Waals surface area contributed by atoms with Gasteiger partial charge in [0.1, 0.15) is 5.75 Å². The first-order valence-electron chi connectivity index (χ1n) is 11.4. The van der Waals surface area contributed by atoms with E-state index in [1.807, 2.05) is 18.2 Å². The molecular formula is C26H26ClNO5S. The first kappa shape index (κ1) is 24.2. The summed E-state index contributed by atoms with van der Waals surface area (Å²) in [5.41, 5.74) is 0.606. The van der Waals surface area contributed by atoms with Crippen molar-refractivity contribution < 1.29 is 24.2 Å². The normalized spacial score (nSPS) is 17.9. The zero-order valence-corrected chi connectivity index (χ0v) is 20.2. The molecule has 0 spiro atoms. The molecule has 3 aromatic rings. The van der Waals surface area contributed by atoms with Gasteiger partial charge in [0, 0.05) is 28.3 Å². The maximum absolute atomic E-state index is 12.5. The highest BCUT2D eigenvalue weighted by Gasteiger charge is 2.26. The molecular weight excluding hydrogens is 474 g/mol. The second-order valence-corrected chi connectivity index (χ2v) is 10.0. The number of nitrogens with one attached hydrogen (secondary N) is 1. The number of halogens is 1. The summed E-state index contributed by atoms with van der Waals surface area (Å²) < 4.78 is 6.96. The Morgan fingerprint density at radius 3 is 2.47 bits per heavy atom. The Balaban J connectivity index is 1.19. The van der Waals surface area contributed by atoms with E-state index in [0.717, 1.165) is 22.9 Å². The highest BCUT2D eigenvalue weighted by atomic mass is 35.5. The van der Waals surface area contributed by atoms with E-state index in [-0.39, 0.29) is 23.7 Å². The fourth-order valence-electron chi connectivity index (χ4n) is 4.15. The van der Waals surface area contributed by atoms with Crippen LogP contribution in [0, 0.1) is 5.92 Å². The van der Waals surface area contributed by atoms with Crippen molar-refractivity contribution in [1.82, 2.24) is 5.32 Å². The first-order valence-corrected chi connectivity index (χ1v) is 12.6. The average Bonchev–Trinajstić information content (AvgIpc) is 3.26. The van der Waals surface area contributed by atoms with Crippen LogP contribution in [-0.4, -0.2) is 35.4 Å². The molecule has 0 unspecified atom stereocenters. The number of carboxylic acid groups (broad SMARTS) is 1. The summed E-state index contributed by atoms with van der Waals surface area (Å²) in [7, 11) is 0. The minimum atomic E-state index is -0.730. The molecule has 0 atom stereocenters. The van der Waals surface area contributed by atoms with Crippen LogP contribution in [0.25, 0.3) is 10.1 Å². The molecule has 1 saturated carbocycles. The largest absolute Gasteiger partial charge is 0.490 e. The lowest BCUT2D eigenvalue weighted by atomic mass is 9.87. The average molecular weight is 500 g/mol. The maximum atomic E-state index is 12.5. The predicted octanol–water partition coefficient (Wildman–Crippen LogP) is 5.97. The summed E-state index contributed by atoms with van der Waals surface area (Å²) in [6.07, 6.45) is 3.60. The molecule has 2 aromatic carbocycles. The molecule has 1 aliphatic carbocycles. The fraction of sp³-hybridized carbons (Fsp3) is 0.346. The number of amides is 1. The summed E-state index contributed by atoms with van der Waals surface area (Å²) in [6, 6.07) is 14.4.